The Morgan fingerprint density at radius 1 is 1.03 bits per heavy atom. The number of rotatable bonds is 6. The molecule has 0 bridgehead atoms. The van der Waals surface area contributed by atoms with Crippen molar-refractivity contribution in [2.24, 2.45) is 10.2 Å². The number of H-pyrrole nitrogens is 2. The number of aryl methyl sites for hydroxylation is 2. The van der Waals surface area contributed by atoms with Gasteiger partial charge in [-0.2, -0.15) is 0 Å². The van der Waals surface area contributed by atoms with Gasteiger partial charge in [-0.05, 0) is 30.0 Å². The third kappa shape index (κ3) is 6.10. The summed E-state index contributed by atoms with van der Waals surface area (Å²) in [7, 11) is 0. The van der Waals surface area contributed by atoms with Crippen LogP contribution in [0.3, 0.4) is 0 Å². The monoisotopic (exact) mass is 550 g/mol. The van der Waals surface area contributed by atoms with E-state index in [1.54, 1.807) is 6.92 Å². The van der Waals surface area contributed by atoms with Crippen LogP contribution < -0.4 is 22.5 Å². The molecule has 19 heteroatoms. The third-order valence-electron chi connectivity index (χ3n) is 6.16. The van der Waals surface area contributed by atoms with Gasteiger partial charge >= 0.3 is 11.4 Å². The number of azide groups is 2. The molecule has 39 heavy (non-hydrogen) atoms. The van der Waals surface area contributed by atoms with Gasteiger partial charge < -0.3 is 24.8 Å². The van der Waals surface area contributed by atoms with Crippen molar-refractivity contribution in [2.75, 3.05) is 13.2 Å². The molecule has 2 aromatic heterocycles. The fourth-order valence-corrected chi connectivity index (χ4v) is 4.13. The molecule has 6 atom stereocenters. The molecular weight excluding hydrogens is 524 g/mol. The van der Waals surface area contributed by atoms with Crippen LogP contribution in [0.2, 0.25) is 0 Å². The second-order valence-electron chi connectivity index (χ2n) is 8.78. The Labute approximate surface area is 217 Å². The zero-order valence-electron chi connectivity index (χ0n) is 20.7. The van der Waals surface area contributed by atoms with Gasteiger partial charge in [0.1, 0.15) is 12.3 Å². The summed E-state index contributed by atoms with van der Waals surface area (Å²) in [4.78, 5) is 55.7. The molecule has 4 rings (SSSR count). The van der Waals surface area contributed by atoms with E-state index in [0.717, 1.165) is 4.57 Å². The molecule has 0 aromatic carbocycles. The molecule has 0 unspecified atom stereocenters. The molecule has 2 aliphatic heterocycles. The van der Waals surface area contributed by atoms with E-state index in [0.29, 0.717) is 5.56 Å². The lowest BCUT2D eigenvalue weighted by atomic mass is 10.1. The number of aromatic nitrogens is 4. The van der Waals surface area contributed by atoms with Crippen molar-refractivity contribution in [3.05, 3.63) is 86.1 Å². The Balaban J connectivity index is 0.000000216. The van der Waals surface area contributed by atoms with E-state index in [9.17, 15) is 24.3 Å². The summed E-state index contributed by atoms with van der Waals surface area (Å²) in [5, 5.41) is 35.0. The summed E-state index contributed by atoms with van der Waals surface area (Å²) in [6.07, 6.45) is -0.796. The van der Waals surface area contributed by atoms with Crippen molar-refractivity contribution in [1.82, 2.24) is 19.1 Å². The molecule has 2 aromatic rings. The van der Waals surface area contributed by atoms with Crippen molar-refractivity contribution in [1.29, 1.82) is 0 Å². The molecule has 0 saturated carbocycles. The lowest BCUT2D eigenvalue weighted by Crippen LogP contribution is -2.43. The maximum absolute atomic E-state index is 11.9. The molecule has 0 radical (unpaired) electrons. The first kappa shape index (κ1) is 29.3. The van der Waals surface area contributed by atoms with Crippen LogP contribution in [0.4, 0.5) is 0 Å². The van der Waals surface area contributed by atoms with Gasteiger partial charge in [-0.1, -0.05) is 5.11 Å². The Morgan fingerprint density at radius 3 is 2.21 bits per heavy atom. The summed E-state index contributed by atoms with van der Waals surface area (Å²) in [5.74, 6) is -1.81. The molecule has 19 nitrogen and oxygen atoms in total. The lowest BCUT2D eigenvalue weighted by molar-refractivity contribution is -0.115. The van der Waals surface area contributed by atoms with Gasteiger partial charge in [0.25, 0.3) is 11.1 Å². The predicted molar refractivity (Wildman–Crippen MR) is 130 cm³/mol. The zero-order chi connectivity index (χ0) is 28.9. The number of nitrogens with one attached hydrogen (secondary N) is 2. The Bertz CT molecular complexity index is 1530. The van der Waals surface area contributed by atoms with Gasteiger partial charge in [-0.3, -0.25) is 28.7 Å². The summed E-state index contributed by atoms with van der Waals surface area (Å²) >= 11 is 0. The van der Waals surface area contributed by atoms with E-state index in [1.165, 1.54) is 23.9 Å². The average molecular weight is 550 g/mol. The predicted octanol–water partition coefficient (Wildman–Crippen LogP) is -1.29. The summed E-state index contributed by atoms with van der Waals surface area (Å²) < 4.78 is 12.9. The normalized spacial score (nSPS) is 27.7. The average Bonchev–Trinajstić information content (AvgIpc) is 3.45. The van der Waals surface area contributed by atoms with Crippen LogP contribution in [-0.4, -0.2) is 72.0 Å². The maximum atomic E-state index is 11.9. The number of nitrogens with zero attached hydrogens (tertiary/aromatic N) is 8. The minimum Gasteiger partial charge on any atom is -0.394 e. The first-order chi connectivity index (χ1) is 18.5. The van der Waals surface area contributed by atoms with Crippen LogP contribution in [0, 0.1) is 13.8 Å². The highest BCUT2D eigenvalue weighted by Crippen LogP contribution is 2.35. The van der Waals surface area contributed by atoms with E-state index < -0.39 is 65.5 Å². The number of hydrogen-bond acceptors (Lipinski definition) is 11. The third-order valence-corrected chi connectivity index (χ3v) is 6.16. The molecule has 0 amide bonds. The number of ether oxygens (including phenoxy) is 2. The van der Waals surface area contributed by atoms with Crippen LogP contribution in [-0.2, 0) is 15.3 Å². The molecule has 5 N–H and O–H groups in total. The lowest BCUT2D eigenvalue weighted by Gasteiger charge is -2.25. The fourth-order valence-electron chi connectivity index (χ4n) is 4.13. The first-order valence-corrected chi connectivity index (χ1v) is 11.5. The SMILES string of the molecule is Cc1cn([C@@]2(N=[N+]=[N-])C[C@H](O)[C@@H](CO)O2)c(=O)[nH]c1=O.Cc1cn([C@H]2C[C@H](N=[N+]=[N-])[C@@H](CO)O2)c(=O)[nH]c1=O. The topological polar surface area (TPSA) is 286 Å². The minimum absolute atomic E-state index is 0.211. The smallest absolute Gasteiger partial charge is 0.330 e. The van der Waals surface area contributed by atoms with Crippen LogP contribution in [0.1, 0.15) is 30.2 Å². The summed E-state index contributed by atoms with van der Waals surface area (Å²) in [6.45, 7) is 2.23. The highest BCUT2D eigenvalue weighted by atomic mass is 16.6. The maximum Gasteiger partial charge on any atom is 0.330 e. The van der Waals surface area contributed by atoms with Gasteiger partial charge in [0, 0.05) is 46.2 Å². The van der Waals surface area contributed by atoms with Crippen molar-refractivity contribution in [3.8, 4) is 0 Å². The van der Waals surface area contributed by atoms with E-state index in [4.69, 9.17) is 30.7 Å². The second-order valence-corrected chi connectivity index (χ2v) is 8.78. The Morgan fingerprint density at radius 2 is 1.64 bits per heavy atom. The largest absolute Gasteiger partial charge is 0.394 e. The fraction of sp³-hybridized carbons (Fsp3) is 0.600. The zero-order valence-corrected chi connectivity index (χ0v) is 20.7. The number of hydrogen-bond donors (Lipinski definition) is 5. The summed E-state index contributed by atoms with van der Waals surface area (Å²) in [5.41, 5.74) is 15.2. The quantitative estimate of drug-likeness (QED) is 0.162. The van der Waals surface area contributed by atoms with Crippen molar-refractivity contribution >= 4 is 0 Å². The van der Waals surface area contributed by atoms with E-state index >= 15 is 0 Å². The number of aliphatic hydroxyl groups excluding tert-OH is 3. The Hall–Kier alpha value is -4.22. The minimum atomic E-state index is -1.81. The standard InChI is InChI=1S/C10H13N5O5.C10H13N5O4/c1-5-3-15(9(19)12-8(5)18)10(13-14-11)2-6(17)7(4-16)20-10;1-5-3-15(10(18)12-9(5)17)8-2-6(13-14-11)7(4-16)19-8/h3,6-7,16-17H,2,4H2,1H3,(H,12,18,19);3,6-8,16H,2,4H2,1H3,(H,12,17,18)/t6-,7+,10-;6-,7+,8+/m00/s1. The molecule has 0 aliphatic carbocycles. The van der Waals surface area contributed by atoms with Crippen molar-refractivity contribution in [3.63, 3.8) is 0 Å². The highest BCUT2D eigenvalue weighted by molar-refractivity contribution is 5.05. The van der Waals surface area contributed by atoms with Crippen LogP contribution >= 0.6 is 0 Å². The van der Waals surface area contributed by atoms with Gasteiger partial charge in [0.2, 0.25) is 5.85 Å². The van der Waals surface area contributed by atoms with Gasteiger partial charge in [-0.15, -0.1) is 0 Å². The molecule has 2 fully saturated rings. The molecule has 210 valence electrons. The molecule has 4 heterocycles. The van der Waals surface area contributed by atoms with E-state index in [1.807, 2.05) is 0 Å². The van der Waals surface area contributed by atoms with Crippen molar-refractivity contribution in [2.45, 2.75) is 63.1 Å². The first-order valence-electron chi connectivity index (χ1n) is 11.5. The molecule has 0 spiro atoms. The molecule has 2 saturated heterocycles. The van der Waals surface area contributed by atoms with Gasteiger partial charge in [0.05, 0.1) is 31.5 Å². The molecular formula is C20H26N10O9. The van der Waals surface area contributed by atoms with Crippen molar-refractivity contribution < 1.29 is 24.8 Å². The van der Waals surface area contributed by atoms with E-state index in [2.05, 4.69) is 30.0 Å². The highest BCUT2D eigenvalue weighted by Gasteiger charge is 2.47. The second kappa shape index (κ2) is 12.1. The van der Waals surface area contributed by atoms with Crippen LogP contribution in [0.5, 0.6) is 0 Å². The van der Waals surface area contributed by atoms with E-state index in [-0.39, 0.29) is 25.0 Å². The van der Waals surface area contributed by atoms with Crippen LogP contribution in [0.15, 0.2) is 41.8 Å². The van der Waals surface area contributed by atoms with Crippen LogP contribution in [0.25, 0.3) is 20.9 Å². The summed E-state index contributed by atoms with van der Waals surface area (Å²) in [6, 6.07) is -0.542. The van der Waals surface area contributed by atoms with Gasteiger partial charge in [-0.25, -0.2) is 9.59 Å². The number of aromatic amines is 2. The van der Waals surface area contributed by atoms with Gasteiger partial charge in [0.15, 0.2) is 0 Å². The number of aliphatic hydroxyl groups is 3. The Kier molecular flexibility index (Phi) is 9.10. The molecule has 2 aliphatic rings.